The van der Waals surface area contributed by atoms with E-state index < -0.39 is 5.60 Å². The van der Waals surface area contributed by atoms with Crippen molar-refractivity contribution in [3.8, 4) is 0 Å². The number of ether oxygens (including phenoxy) is 2. The summed E-state index contributed by atoms with van der Waals surface area (Å²) in [6.07, 6.45) is 9.25. The molecule has 0 aliphatic heterocycles. The molecule has 0 unspecified atom stereocenters. The Kier molecular flexibility index (Phi) is 14.1. The molecule has 0 aromatic carbocycles. The number of rotatable bonds is 13. The third kappa shape index (κ3) is 17.8. The molecule has 0 bridgehead atoms. The predicted octanol–water partition coefficient (Wildman–Crippen LogP) is 5.04. The van der Waals surface area contributed by atoms with Gasteiger partial charge in [-0.2, -0.15) is 0 Å². The van der Waals surface area contributed by atoms with Gasteiger partial charge in [-0.15, -0.1) is 0 Å². The van der Waals surface area contributed by atoms with Gasteiger partial charge >= 0.3 is 6.09 Å². The fraction of sp³-hybridized carbons (Fsp3) is 0.941. The second-order valence-corrected chi connectivity index (χ2v) is 7.35. The molecule has 0 atom stereocenters. The Morgan fingerprint density at radius 3 is 2.05 bits per heavy atom. The Bertz CT molecular complexity index is 267. The molecule has 0 fully saturated rings. The third-order valence-electron chi connectivity index (χ3n) is 3.06. The Morgan fingerprint density at radius 2 is 1.45 bits per heavy atom. The van der Waals surface area contributed by atoms with Crippen molar-refractivity contribution in [2.24, 2.45) is 0 Å². The highest BCUT2D eigenvalue weighted by atomic mass is 79.9. The molecule has 0 saturated heterocycles. The summed E-state index contributed by atoms with van der Waals surface area (Å²) in [5, 5.41) is 3.88. The summed E-state index contributed by atoms with van der Waals surface area (Å²) < 4.78 is 10.8. The van der Waals surface area contributed by atoms with Gasteiger partial charge in [-0.3, -0.25) is 0 Å². The molecule has 0 spiro atoms. The first-order chi connectivity index (χ1) is 10.5. The lowest BCUT2D eigenvalue weighted by atomic mass is 10.1. The lowest BCUT2D eigenvalue weighted by Crippen LogP contribution is -2.33. The van der Waals surface area contributed by atoms with E-state index in [9.17, 15) is 4.79 Å². The van der Waals surface area contributed by atoms with Gasteiger partial charge in [0, 0.05) is 25.1 Å². The smallest absolute Gasteiger partial charge is 0.407 e. The zero-order chi connectivity index (χ0) is 16.7. The summed E-state index contributed by atoms with van der Waals surface area (Å²) in [5.74, 6) is 0. The summed E-state index contributed by atoms with van der Waals surface area (Å²) in [6, 6.07) is 0. The van der Waals surface area contributed by atoms with Gasteiger partial charge in [-0.1, -0.05) is 41.6 Å². The van der Waals surface area contributed by atoms with Crippen molar-refractivity contribution in [1.82, 2.24) is 5.32 Å². The Morgan fingerprint density at radius 1 is 0.909 bits per heavy atom. The van der Waals surface area contributed by atoms with Gasteiger partial charge in [0.05, 0.1) is 0 Å². The number of alkyl carbamates (subject to hydrolysis) is 1. The molecule has 1 N–H and O–H groups in total. The van der Waals surface area contributed by atoms with Crippen LogP contribution in [0.25, 0.3) is 0 Å². The van der Waals surface area contributed by atoms with E-state index >= 15 is 0 Å². The fourth-order valence-electron chi connectivity index (χ4n) is 1.94. The highest BCUT2D eigenvalue weighted by molar-refractivity contribution is 9.09. The summed E-state index contributed by atoms with van der Waals surface area (Å²) >= 11 is 3.45. The topological polar surface area (TPSA) is 47.6 Å². The van der Waals surface area contributed by atoms with E-state index in [1.165, 1.54) is 32.1 Å². The number of carbonyl (C=O) groups excluding carboxylic acids is 1. The van der Waals surface area contributed by atoms with Crippen LogP contribution in [0.3, 0.4) is 0 Å². The van der Waals surface area contributed by atoms with Crippen molar-refractivity contribution >= 4 is 22.0 Å². The minimum Gasteiger partial charge on any atom is -0.444 e. The SMILES string of the molecule is CC(C)(C)OC(=O)NCCCCOCCCCCCCCBr. The number of amides is 1. The minimum atomic E-state index is -0.429. The predicted molar refractivity (Wildman–Crippen MR) is 95.8 cm³/mol. The number of hydrogen-bond donors (Lipinski definition) is 1. The van der Waals surface area contributed by atoms with E-state index in [4.69, 9.17) is 9.47 Å². The van der Waals surface area contributed by atoms with Crippen molar-refractivity contribution in [3.05, 3.63) is 0 Å². The van der Waals surface area contributed by atoms with Crippen LogP contribution in [0, 0.1) is 0 Å². The number of alkyl halides is 1. The van der Waals surface area contributed by atoms with E-state index in [-0.39, 0.29) is 6.09 Å². The highest BCUT2D eigenvalue weighted by Gasteiger charge is 2.15. The van der Waals surface area contributed by atoms with Crippen LogP contribution < -0.4 is 5.32 Å². The minimum absolute atomic E-state index is 0.340. The van der Waals surface area contributed by atoms with Crippen LogP contribution in [0.15, 0.2) is 0 Å². The lowest BCUT2D eigenvalue weighted by molar-refractivity contribution is 0.0524. The van der Waals surface area contributed by atoms with Crippen LogP contribution >= 0.6 is 15.9 Å². The Labute approximate surface area is 144 Å². The molecule has 0 aliphatic carbocycles. The molecule has 0 saturated carbocycles. The molecule has 5 heteroatoms. The molecule has 0 aromatic heterocycles. The second-order valence-electron chi connectivity index (χ2n) is 6.56. The third-order valence-corrected chi connectivity index (χ3v) is 3.62. The molecule has 0 radical (unpaired) electrons. The average molecular weight is 380 g/mol. The largest absolute Gasteiger partial charge is 0.444 e. The van der Waals surface area contributed by atoms with Crippen LogP contribution in [-0.2, 0) is 9.47 Å². The van der Waals surface area contributed by atoms with Crippen LogP contribution in [0.5, 0.6) is 0 Å². The quantitative estimate of drug-likeness (QED) is 0.360. The normalized spacial score (nSPS) is 11.5. The van der Waals surface area contributed by atoms with Crippen molar-refractivity contribution in [2.45, 2.75) is 77.7 Å². The number of hydrogen-bond acceptors (Lipinski definition) is 3. The average Bonchev–Trinajstić information content (AvgIpc) is 2.42. The lowest BCUT2D eigenvalue weighted by Gasteiger charge is -2.19. The molecule has 0 aliphatic rings. The zero-order valence-corrected chi connectivity index (χ0v) is 16.2. The maximum absolute atomic E-state index is 11.4. The van der Waals surface area contributed by atoms with Crippen molar-refractivity contribution in [3.63, 3.8) is 0 Å². The molecule has 0 heterocycles. The number of halogens is 1. The highest BCUT2D eigenvalue weighted by Crippen LogP contribution is 2.07. The van der Waals surface area contributed by atoms with Gasteiger partial charge in [0.25, 0.3) is 0 Å². The van der Waals surface area contributed by atoms with Gasteiger partial charge in [0.1, 0.15) is 5.60 Å². The Balaban J connectivity index is 3.16. The first-order valence-electron chi connectivity index (χ1n) is 8.56. The van der Waals surface area contributed by atoms with Crippen molar-refractivity contribution in [2.75, 3.05) is 25.1 Å². The molecule has 1 amide bonds. The number of nitrogens with one attached hydrogen (secondary N) is 1. The van der Waals surface area contributed by atoms with Crippen molar-refractivity contribution < 1.29 is 14.3 Å². The molecular weight excluding hydrogens is 346 g/mol. The van der Waals surface area contributed by atoms with E-state index in [1.54, 1.807) is 0 Å². The van der Waals surface area contributed by atoms with Crippen LogP contribution in [0.4, 0.5) is 4.79 Å². The molecule has 0 aromatic rings. The number of carbonyl (C=O) groups is 1. The summed E-state index contributed by atoms with van der Waals surface area (Å²) in [5.41, 5.74) is -0.429. The molecule has 22 heavy (non-hydrogen) atoms. The van der Waals surface area contributed by atoms with Gasteiger partial charge in [-0.25, -0.2) is 4.79 Å². The Hall–Kier alpha value is -0.290. The molecule has 4 nitrogen and oxygen atoms in total. The zero-order valence-electron chi connectivity index (χ0n) is 14.6. The monoisotopic (exact) mass is 379 g/mol. The van der Waals surface area contributed by atoms with E-state index in [2.05, 4.69) is 21.2 Å². The van der Waals surface area contributed by atoms with E-state index in [0.717, 1.165) is 37.8 Å². The second kappa shape index (κ2) is 14.3. The molecule has 132 valence electrons. The van der Waals surface area contributed by atoms with Crippen LogP contribution in [0.1, 0.15) is 72.1 Å². The summed E-state index contributed by atoms with van der Waals surface area (Å²) in [6.45, 7) is 7.87. The first kappa shape index (κ1) is 21.7. The summed E-state index contributed by atoms with van der Waals surface area (Å²) in [4.78, 5) is 11.4. The van der Waals surface area contributed by atoms with Gasteiger partial charge in [0.2, 0.25) is 0 Å². The standard InChI is InChI=1S/C17H34BrNO3/c1-17(2,3)22-16(20)19-13-9-11-15-21-14-10-7-5-4-6-8-12-18/h4-15H2,1-3H3,(H,19,20). The van der Waals surface area contributed by atoms with Gasteiger partial charge in [0.15, 0.2) is 0 Å². The summed E-state index contributed by atoms with van der Waals surface area (Å²) in [7, 11) is 0. The fourth-order valence-corrected chi connectivity index (χ4v) is 2.34. The maximum atomic E-state index is 11.4. The van der Waals surface area contributed by atoms with Crippen molar-refractivity contribution in [1.29, 1.82) is 0 Å². The first-order valence-corrected chi connectivity index (χ1v) is 9.68. The maximum Gasteiger partial charge on any atom is 0.407 e. The number of unbranched alkanes of at least 4 members (excludes halogenated alkanes) is 6. The van der Waals surface area contributed by atoms with E-state index in [0.29, 0.717) is 6.54 Å². The van der Waals surface area contributed by atoms with Gasteiger partial charge in [-0.05, 0) is 46.5 Å². The molecular formula is C17H34BrNO3. The van der Waals surface area contributed by atoms with Gasteiger partial charge < -0.3 is 14.8 Å². The van der Waals surface area contributed by atoms with E-state index in [1.807, 2.05) is 20.8 Å². The molecule has 0 rings (SSSR count). The van der Waals surface area contributed by atoms with Crippen LogP contribution in [0.2, 0.25) is 0 Å². The van der Waals surface area contributed by atoms with Crippen LogP contribution in [-0.4, -0.2) is 36.8 Å².